The first-order chi connectivity index (χ1) is 11.6. The summed E-state index contributed by atoms with van der Waals surface area (Å²) in [5.41, 5.74) is 0.148. The van der Waals surface area contributed by atoms with Gasteiger partial charge >= 0.3 is 18.2 Å². The van der Waals surface area contributed by atoms with Crippen molar-refractivity contribution < 1.29 is 27.5 Å². The molecule has 8 heteroatoms. The van der Waals surface area contributed by atoms with E-state index in [0.717, 1.165) is 12.1 Å². The molecule has 0 aliphatic carbocycles. The molecule has 2 rings (SSSR count). The lowest BCUT2D eigenvalue weighted by Gasteiger charge is -2.31. The molecular formula is C17H19F3N2O3. The molecule has 0 fully saturated rings. The number of hydrogen-bond acceptors (Lipinski definition) is 3. The van der Waals surface area contributed by atoms with Crippen molar-refractivity contribution in [2.45, 2.75) is 33.0 Å². The van der Waals surface area contributed by atoms with Gasteiger partial charge in [0.15, 0.2) is 0 Å². The maximum atomic E-state index is 12.7. The average Bonchev–Trinajstić information content (AvgIpc) is 2.53. The lowest BCUT2D eigenvalue weighted by Crippen LogP contribution is -2.47. The number of amides is 2. The molecule has 0 aromatic heterocycles. The number of carbonyl (C=O) groups excluding carboxylic acids is 2. The normalized spacial score (nSPS) is 18.0. The van der Waals surface area contributed by atoms with E-state index < -0.39 is 29.8 Å². The van der Waals surface area contributed by atoms with Crippen molar-refractivity contribution in [1.82, 2.24) is 10.6 Å². The molecular weight excluding hydrogens is 337 g/mol. The molecule has 1 unspecified atom stereocenters. The summed E-state index contributed by atoms with van der Waals surface area (Å²) in [4.78, 5) is 24.3. The van der Waals surface area contributed by atoms with Gasteiger partial charge in [0.25, 0.3) is 0 Å². The van der Waals surface area contributed by atoms with Crippen molar-refractivity contribution in [3.05, 3.63) is 46.7 Å². The van der Waals surface area contributed by atoms with Gasteiger partial charge < -0.3 is 15.4 Å². The van der Waals surface area contributed by atoms with E-state index in [1.807, 2.05) is 0 Å². The van der Waals surface area contributed by atoms with E-state index in [1.165, 1.54) is 12.1 Å². The maximum Gasteiger partial charge on any atom is 0.416 e. The number of esters is 1. The van der Waals surface area contributed by atoms with Crippen molar-refractivity contribution in [1.29, 1.82) is 0 Å². The second-order valence-corrected chi connectivity index (χ2v) is 5.85. The first-order valence-electron chi connectivity index (χ1n) is 7.81. The van der Waals surface area contributed by atoms with Crippen molar-refractivity contribution in [2.75, 3.05) is 6.61 Å². The summed E-state index contributed by atoms with van der Waals surface area (Å²) in [7, 11) is 0. The van der Waals surface area contributed by atoms with Crippen LogP contribution in [0, 0.1) is 5.92 Å². The summed E-state index contributed by atoms with van der Waals surface area (Å²) >= 11 is 0. The van der Waals surface area contributed by atoms with Gasteiger partial charge in [-0.2, -0.15) is 13.2 Å². The van der Waals surface area contributed by atoms with Crippen LogP contribution in [-0.4, -0.2) is 18.6 Å². The van der Waals surface area contributed by atoms with Gasteiger partial charge in [0.05, 0.1) is 23.8 Å². The number of rotatable bonds is 4. The van der Waals surface area contributed by atoms with E-state index in [1.54, 1.807) is 20.8 Å². The molecule has 0 bridgehead atoms. The van der Waals surface area contributed by atoms with Gasteiger partial charge in [-0.05, 0) is 30.5 Å². The third-order valence-electron chi connectivity index (χ3n) is 3.75. The van der Waals surface area contributed by atoms with E-state index in [0.29, 0.717) is 11.3 Å². The van der Waals surface area contributed by atoms with E-state index in [9.17, 15) is 22.8 Å². The van der Waals surface area contributed by atoms with Gasteiger partial charge in [-0.15, -0.1) is 0 Å². The Labute approximate surface area is 143 Å². The topological polar surface area (TPSA) is 67.4 Å². The largest absolute Gasteiger partial charge is 0.463 e. The third kappa shape index (κ3) is 4.12. The highest BCUT2D eigenvalue weighted by Crippen LogP contribution is 2.33. The number of alkyl halides is 3. The first-order valence-corrected chi connectivity index (χ1v) is 7.81. The predicted octanol–water partition coefficient (Wildman–Crippen LogP) is 3.53. The lowest BCUT2D eigenvalue weighted by molar-refractivity contribution is -0.139. The minimum absolute atomic E-state index is 0.140. The smallest absolute Gasteiger partial charge is 0.416 e. The lowest BCUT2D eigenvalue weighted by atomic mass is 9.91. The van der Waals surface area contributed by atoms with Crippen molar-refractivity contribution in [2.24, 2.45) is 5.92 Å². The molecule has 5 nitrogen and oxygen atoms in total. The Morgan fingerprint density at radius 1 is 1.24 bits per heavy atom. The number of allylic oxidation sites excluding steroid dienone is 1. The molecule has 0 radical (unpaired) electrons. The second kappa shape index (κ2) is 7.16. The van der Waals surface area contributed by atoms with Crippen LogP contribution in [-0.2, 0) is 15.7 Å². The minimum Gasteiger partial charge on any atom is -0.463 e. The van der Waals surface area contributed by atoms with Crippen molar-refractivity contribution in [3.63, 3.8) is 0 Å². The van der Waals surface area contributed by atoms with E-state index >= 15 is 0 Å². The van der Waals surface area contributed by atoms with Crippen LogP contribution in [0.1, 0.15) is 37.9 Å². The van der Waals surface area contributed by atoms with Crippen LogP contribution in [0.15, 0.2) is 35.5 Å². The zero-order valence-electron chi connectivity index (χ0n) is 14.0. The zero-order valence-corrected chi connectivity index (χ0v) is 14.0. The molecule has 1 heterocycles. The monoisotopic (exact) mass is 356 g/mol. The van der Waals surface area contributed by atoms with Gasteiger partial charge in [0.2, 0.25) is 0 Å². The molecule has 0 spiro atoms. The summed E-state index contributed by atoms with van der Waals surface area (Å²) < 4.78 is 43.3. The number of nitrogens with one attached hydrogen (secondary N) is 2. The zero-order chi connectivity index (χ0) is 18.8. The molecule has 0 saturated carbocycles. The molecule has 1 aromatic rings. The third-order valence-corrected chi connectivity index (χ3v) is 3.75. The summed E-state index contributed by atoms with van der Waals surface area (Å²) in [6, 6.07) is 2.92. The minimum atomic E-state index is -4.46. The number of carbonyl (C=O) groups is 2. The number of urea groups is 1. The Balaban J connectivity index is 2.50. The fourth-order valence-corrected chi connectivity index (χ4v) is 2.59. The number of hydrogen-bond donors (Lipinski definition) is 2. The molecule has 2 N–H and O–H groups in total. The predicted molar refractivity (Wildman–Crippen MR) is 84.3 cm³/mol. The van der Waals surface area contributed by atoms with Gasteiger partial charge in [-0.25, -0.2) is 9.59 Å². The Morgan fingerprint density at radius 2 is 1.84 bits per heavy atom. The quantitative estimate of drug-likeness (QED) is 0.811. The van der Waals surface area contributed by atoms with Gasteiger partial charge in [0.1, 0.15) is 0 Å². The SMILES string of the molecule is CCOC(=O)C1=C(C(C)C)NC(=O)NC1c1ccc(C(F)(F)F)cc1. The van der Waals surface area contributed by atoms with Crippen LogP contribution in [0.3, 0.4) is 0 Å². The van der Waals surface area contributed by atoms with Crippen molar-refractivity contribution in [3.8, 4) is 0 Å². The molecule has 1 aromatic carbocycles. The highest BCUT2D eigenvalue weighted by Gasteiger charge is 2.35. The van der Waals surface area contributed by atoms with Gasteiger partial charge in [-0.1, -0.05) is 26.0 Å². The molecule has 0 saturated heterocycles. The number of ether oxygens (including phenoxy) is 1. The molecule has 136 valence electrons. The van der Waals surface area contributed by atoms with Crippen LogP contribution >= 0.6 is 0 Å². The van der Waals surface area contributed by atoms with Gasteiger partial charge in [-0.3, -0.25) is 0 Å². The highest BCUT2D eigenvalue weighted by atomic mass is 19.4. The van der Waals surface area contributed by atoms with Gasteiger partial charge in [0, 0.05) is 5.70 Å². The van der Waals surface area contributed by atoms with E-state index in [-0.39, 0.29) is 18.1 Å². The standard InChI is InChI=1S/C17H19F3N2O3/c1-4-25-15(23)12-13(9(2)3)21-16(24)22-14(12)10-5-7-11(8-6-10)17(18,19)20/h5-9,14H,4H2,1-3H3,(H2,21,22,24). The van der Waals surface area contributed by atoms with Crippen LogP contribution in [0.25, 0.3) is 0 Å². The molecule has 25 heavy (non-hydrogen) atoms. The fourth-order valence-electron chi connectivity index (χ4n) is 2.59. The Hall–Kier alpha value is -2.51. The fraction of sp³-hybridized carbons (Fsp3) is 0.412. The van der Waals surface area contributed by atoms with E-state index in [4.69, 9.17) is 4.74 Å². The number of benzene rings is 1. The highest BCUT2D eigenvalue weighted by molar-refractivity contribution is 5.95. The second-order valence-electron chi connectivity index (χ2n) is 5.85. The summed E-state index contributed by atoms with van der Waals surface area (Å²) in [5.74, 6) is -0.800. The molecule has 1 aliphatic rings. The van der Waals surface area contributed by atoms with Crippen LogP contribution in [0.2, 0.25) is 0 Å². The molecule has 1 atom stereocenters. The molecule has 2 amide bonds. The first kappa shape index (κ1) is 18.8. The summed E-state index contributed by atoms with van der Waals surface area (Å²) in [5, 5.41) is 5.16. The Morgan fingerprint density at radius 3 is 2.32 bits per heavy atom. The van der Waals surface area contributed by atoms with E-state index in [2.05, 4.69) is 10.6 Å². The average molecular weight is 356 g/mol. The Bertz CT molecular complexity index is 694. The Kier molecular flexibility index (Phi) is 5.39. The maximum absolute atomic E-state index is 12.7. The van der Waals surface area contributed by atoms with Crippen molar-refractivity contribution >= 4 is 12.0 Å². The molecule has 1 aliphatic heterocycles. The summed E-state index contributed by atoms with van der Waals surface area (Å²) in [6.07, 6.45) is -4.46. The van der Waals surface area contributed by atoms with Crippen LogP contribution < -0.4 is 10.6 Å². The summed E-state index contributed by atoms with van der Waals surface area (Å²) in [6.45, 7) is 5.38. The van der Waals surface area contributed by atoms with Crippen LogP contribution in [0.5, 0.6) is 0 Å². The number of halogens is 3. The van der Waals surface area contributed by atoms with Crippen LogP contribution in [0.4, 0.5) is 18.0 Å².